The average molecular weight is 605 g/mol. The van der Waals surface area contributed by atoms with E-state index >= 15 is 0 Å². The number of carboxylic acid groups (broad SMARTS) is 1. The monoisotopic (exact) mass is 604 g/mol. The number of aromatic nitrogens is 1. The molecule has 11 heteroatoms. The molecule has 0 unspecified atom stereocenters. The van der Waals surface area contributed by atoms with Gasteiger partial charge in [0.25, 0.3) is 0 Å². The Morgan fingerprint density at radius 3 is 2.61 bits per heavy atom. The first kappa shape index (κ1) is 31.9. The molecule has 3 N–H and O–H groups in total. The molecular formula is C33H41BN2O8. The van der Waals surface area contributed by atoms with Gasteiger partial charge in [0, 0.05) is 19.2 Å². The first-order valence-corrected chi connectivity index (χ1v) is 15.6. The number of likely N-dealkylation sites (tertiary alicyclic amines) is 1. The second-order valence-corrected chi connectivity index (χ2v) is 12.3. The van der Waals surface area contributed by atoms with Crippen LogP contribution in [0.25, 0.3) is 11.6 Å². The van der Waals surface area contributed by atoms with Gasteiger partial charge in [0.15, 0.2) is 0 Å². The molecule has 2 amide bonds. The van der Waals surface area contributed by atoms with E-state index in [0.717, 1.165) is 22.4 Å². The summed E-state index contributed by atoms with van der Waals surface area (Å²) in [7, 11) is -1.06. The van der Waals surface area contributed by atoms with Crippen molar-refractivity contribution in [2.75, 3.05) is 6.54 Å². The number of hydrogen-bond acceptors (Lipinski definition) is 8. The minimum Gasteiger partial charge on any atom is -0.481 e. The fraction of sp³-hybridized carbons (Fsp3) is 0.515. The molecule has 5 rings (SSSR count). The molecule has 234 valence electrons. The Kier molecular flexibility index (Phi) is 10.2. The molecule has 44 heavy (non-hydrogen) atoms. The number of furan rings is 1. The first-order chi connectivity index (χ1) is 21.2. The molecule has 2 aromatic heterocycles. The summed E-state index contributed by atoms with van der Waals surface area (Å²) in [4.78, 5) is 44.1. The minimum absolute atomic E-state index is 0.0714. The van der Waals surface area contributed by atoms with Gasteiger partial charge in [-0.15, -0.1) is 0 Å². The van der Waals surface area contributed by atoms with Crippen molar-refractivity contribution in [3.8, 4) is 0 Å². The maximum atomic E-state index is 13.8. The quantitative estimate of drug-likeness (QED) is 0.129. The van der Waals surface area contributed by atoms with Crippen LogP contribution in [0.1, 0.15) is 76.0 Å². The lowest BCUT2D eigenvalue weighted by atomic mass is 9.57. The van der Waals surface area contributed by atoms with Crippen LogP contribution in [0.2, 0.25) is 6.32 Å². The lowest BCUT2D eigenvalue weighted by Crippen LogP contribution is -2.46. The number of allylic oxidation sites excluding steroid dienone is 2. The van der Waals surface area contributed by atoms with Gasteiger partial charge in [0.2, 0.25) is 11.8 Å². The van der Waals surface area contributed by atoms with Crippen molar-refractivity contribution in [3.05, 3.63) is 64.9 Å². The Hall–Kier alpha value is -3.54. The molecule has 2 aliphatic heterocycles. The van der Waals surface area contributed by atoms with Crippen molar-refractivity contribution in [3.63, 3.8) is 0 Å². The minimum atomic E-state index is -1.06. The number of fused-ring (bicyclic) bond motifs is 3. The molecule has 0 bridgehead atoms. The van der Waals surface area contributed by atoms with E-state index in [0.29, 0.717) is 50.0 Å². The number of carbonyl (C=O) groups excluding carboxylic acids is 2. The number of pyridine rings is 1. The van der Waals surface area contributed by atoms with Gasteiger partial charge in [-0.2, -0.15) is 0 Å². The summed E-state index contributed by atoms with van der Waals surface area (Å²) < 4.78 is 11.9. The van der Waals surface area contributed by atoms with Gasteiger partial charge in [-0.05, 0) is 91.7 Å². The van der Waals surface area contributed by atoms with Crippen molar-refractivity contribution in [2.45, 2.75) is 77.8 Å². The third kappa shape index (κ3) is 6.90. The number of unbranched alkanes of at least 4 members (excludes halogenated alkanes) is 2. The van der Waals surface area contributed by atoms with Crippen LogP contribution in [0.3, 0.4) is 0 Å². The molecular weight excluding hydrogens is 563 g/mol. The number of imide groups is 1. The molecule has 2 fully saturated rings. The number of rotatable bonds is 13. The lowest BCUT2D eigenvalue weighted by Gasteiger charge is -2.44. The highest BCUT2D eigenvalue weighted by atomic mass is 16.5. The van der Waals surface area contributed by atoms with Crippen molar-refractivity contribution in [2.24, 2.45) is 23.7 Å². The fourth-order valence-electron chi connectivity index (χ4n) is 7.10. The van der Waals surface area contributed by atoms with Gasteiger partial charge in [0.1, 0.15) is 18.1 Å². The molecule has 1 aliphatic carbocycles. The van der Waals surface area contributed by atoms with Gasteiger partial charge in [-0.25, -0.2) is 0 Å². The van der Waals surface area contributed by atoms with Crippen molar-refractivity contribution < 1.29 is 38.7 Å². The maximum absolute atomic E-state index is 13.8. The Labute approximate surface area is 257 Å². The molecule has 10 nitrogen and oxygen atoms in total. The summed E-state index contributed by atoms with van der Waals surface area (Å²) in [6, 6.07) is 9.21. The van der Waals surface area contributed by atoms with Crippen LogP contribution in [-0.4, -0.2) is 62.7 Å². The first-order valence-electron chi connectivity index (χ1n) is 15.6. The number of nitrogens with zero attached hydrogens (tertiary/aromatic N) is 2. The maximum Gasteiger partial charge on any atom is 0.455 e. The molecule has 0 aromatic carbocycles. The van der Waals surface area contributed by atoms with E-state index in [2.05, 4.69) is 18.8 Å². The molecule has 2 saturated heterocycles. The predicted molar refractivity (Wildman–Crippen MR) is 163 cm³/mol. The second kappa shape index (κ2) is 14.1. The van der Waals surface area contributed by atoms with Crippen LogP contribution in [0.5, 0.6) is 0 Å². The molecule has 0 saturated carbocycles. The molecule has 4 heterocycles. The van der Waals surface area contributed by atoms with E-state index in [1.165, 1.54) is 4.90 Å². The standard InChI is InChI=1S/C33H41BN2O8/c1-20(2)24-17-25-31(33(41)36(32(25)40)15-7-3-4-9-29(38)39)26-18-34(42)44-28(30(24)26)13-10-21(27-8-5-6-14-35-27)16-22-11-12-23(19-37)43-22/h5-6,8,11-12,14,16,20,25-26,28,31,37,42H,3-4,7,9-10,13,15,17-19H2,1-2H3,(H,38,39)/b21-16-/t25-,26+,28-,31-/m1/s1. The number of amides is 2. The third-order valence-corrected chi connectivity index (χ3v) is 9.13. The summed E-state index contributed by atoms with van der Waals surface area (Å²) in [5.41, 5.74) is 3.85. The number of carboxylic acids is 1. The number of aliphatic hydroxyl groups excluding tert-OH is 1. The highest BCUT2D eigenvalue weighted by molar-refractivity contribution is 6.43. The van der Waals surface area contributed by atoms with E-state index in [1.54, 1.807) is 18.3 Å². The Morgan fingerprint density at radius 2 is 1.93 bits per heavy atom. The molecule has 4 atom stereocenters. The lowest BCUT2D eigenvalue weighted by molar-refractivity contribution is -0.141. The topological polar surface area (TPSA) is 150 Å². The van der Waals surface area contributed by atoms with Gasteiger partial charge >= 0.3 is 13.1 Å². The largest absolute Gasteiger partial charge is 0.481 e. The number of hydrogen-bond donors (Lipinski definition) is 3. The number of aliphatic hydroxyl groups is 1. The van der Waals surface area contributed by atoms with E-state index < -0.39 is 31.0 Å². The smallest absolute Gasteiger partial charge is 0.455 e. The van der Waals surface area contributed by atoms with Crippen molar-refractivity contribution >= 4 is 36.6 Å². The Bertz CT molecular complexity index is 1420. The van der Waals surface area contributed by atoms with E-state index in [1.807, 2.05) is 24.3 Å². The second-order valence-electron chi connectivity index (χ2n) is 12.3. The Balaban J connectivity index is 1.38. The summed E-state index contributed by atoms with van der Waals surface area (Å²) in [5, 5.41) is 29.2. The van der Waals surface area contributed by atoms with Crippen LogP contribution >= 0.6 is 0 Å². The Morgan fingerprint density at radius 1 is 1.11 bits per heavy atom. The van der Waals surface area contributed by atoms with Gasteiger partial charge in [-0.1, -0.05) is 31.9 Å². The highest BCUT2D eigenvalue weighted by Gasteiger charge is 2.57. The zero-order chi connectivity index (χ0) is 31.4. The van der Waals surface area contributed by atoms with Gasteiger partial charge in [-0.3, -0.25) is 24.3 Å². The number of carbonyl (C=O) groups is 3. The third-order valence-electron chi connectivity index (χ3n) is 9.13. The summed E-state index contributed by atoms with van der Waals surface area (Å²) in [6.07, 6.45) is 6.79. The zero-order valence-electron chi connectivity index (χ0n) is 25.4. The molecule has 0 radical (unpaired) electrons. The zero-order valence-corrected chi connectivity index (χ0v) is 25.4. The van der Waals surface area contributed by atoms with Gasteiger partial charge in [0.05, 0.1) is 23.6 Å². The number of aliphatic carboxylic acids is 1. The van der Waals surface area contributed by atoms with Crippen LogP contribution in [0.4, 0.5) is 0 Å². The van der Waals surface area contributed by atoms with E-state index in [4.69, 9.17) is 14.2 Å². The normalized spacial score (nSPS) is 23.9. The SMILES string of the molecule is CC(C)C1=C2[C@@H](CC/C(=C/c3ccc(CO)o3)c3ccccn3)OB(O)C[C@@H]2[C@@H]2C(=O)N(CCCCCC(=O)O)C(=O)[C@@H]2C1. The fourth-order valence-corrected chi connectivity index (χ4v) is 7.10. The van der Waals surface area contributed by atoms with E-state index in [-0.39, 0.29) is 49.5 Å². The summed E-state index contributed by atoms with van der Waals surface area (Å²) in [6.45, 7) is 4.28. The highest BCUT2D eigenvalue weighted by Crippen LogP contribution is 2.52. The summed E-state index contributed by atoms with van der Waals surface area (Å²) >= 11 is 0. The van der Waals surface area contributed by atoms with Gasteiger partial charge < -0.3 is 24.3 Å². The van der Waals surface area contributed by atoms with Crippen LogP contribution in [0.15, 0.2) is 52.1 Å². The summed E-state index contributed by atoms with van der Waals surface area (Å²) in [5.74, 6) is -1.30. The molecule has 2 aromatic rings. The van der Waals surface area contributed by atoms with Crippen LogP contribution < -0.4 is 0 Å². The van der Waals surface area contributed by atoms with Crippen molar-refractivity contribution in [1.29, 1.82) is 0 Å². The van der Waals surface area contributed by atoms with E-state index in [9.17, 15) is 24.5 Å². The molecule has 3 aliphatic rings. The average Bonchev–Trinajstić information content (AvgIpc) is 3.56. The molecule has 0 spiro atoms. The van der Waals surface area contributed by atoms with Crippen LogP contribution in [-0.2, 0) is 25.6 Å². The predicted octanol–water partition coefficient (Wildman–Crippen LogP) is 4.59. The van der Waals surface area contributed by atoms with Crippen LogP contribution in [0, 0.1) is 23.7 Å². The van der Waals surface area contributed by atoms with Crippen molar-refractivity contribution in [1.82, 2.24) is 9.88 Å².